The van der Waals surface area contributed by atoms with E-state index in [4.69, 9.17) is 0 Å². The molecular formula is C24H32N4O2. The molecule has 1 saturated carbocycles. The molecule has 3 fully saturated rings. The summed E-state index contributed by atoms with van der Waals surface area (Å²) in [6.07, 6.45) is 8.24. The van der Waals surface area contributed by atoms with Gasteiger partial charge in [0.2, 0.25) is 11.8 Å². The Morgan fingerprint density at radius 3 is 2.63 bits per heavy atom. The fourth-order valence-electron chi connectivity index (χ4n) is 5.22. The summed E-state index contributed by atoms with van der Waals surface area (Å²) in [6.45, 7) is 4.27. The van der Waals surface area contributed by atoms with Crippen LogP contribution >= 0.6 is 0 Å². The fraction of sp³-hybridized carbons (Fsp3) is 0.583. The van der Waals surface area contributed by atoms with Crippen molar-refractivity contribution in [2.45, 2.75) is 51.1 Å². The molecule has 3 heterocycles. The molecule has 2 aromatic rings. The van der Waals surface area contributed by atoms with Gasteiger partial charge in [-0.1, -0.05) is 12.1 Å². The van der Waals surface area contributed by atoms with E-state index in [2.05, 4.69) is 38.3 Å². The van der Waals surface area contributed by atoms with Gasteiger partial charge in [0.15, 0.2) is 0 Å². The normalized spacial score (nSPS) is 23.6. The van der Waals surface area contributed by atoms with Gasteiger partial charge in [0.05, 0.1) is 5.92 Å². The molecule has 6 nitrogen and oxygen atoms in total. The Balaban J connectivity index is 1.13. The minimum absolute atomic E-state index is 0.0651. The average molecular weight is 409 g/mol. The minimum Gasteiger partial charge on any atom is -0.361 e. The molecule has 3 aliphatic rings. The van der Waals surface area contributed by atoms with Gasteiger partial charge < -0.3 is 15.2 Å². The van der Waals surface area contributed by atoms with Crippen molar-refractivity contribution in [3.8, 4) is 0 Å². The van der Waals surface area contributed by atoms with Crippen molar-refractivity contribution in [3.05, 3.63) is 36.0 Å². The van der Waals surface area contributed by atoms with E-state index < -0.39 is 0 Å². The number of piperidine rings is 2. The Kier molecular flexibility index (Phi) is 5.50. The standard InChI is InChI=1S/C24H32N4O2/c29-23(26-15-18-3-1-5-22-21(18)8-11-25-22)19-4-2-12-28(16-19)20-9-13-27(14-10-20)24(30)17-6-7-17/h1,3,5,8,11,17,19-20,25H,2,4,6-7,9-10,12-16H2,(H,26,29)/t19-/m0/s1. The van der Waals surface area contributed by atoms with Gasteiger partial charge in [0.1, 0.15) is 0 Å². The third kappa shape index (κ3) is 4.10. The van der Waals surface area contributed by atoms with E-state index in [1.54, 1.807) is 0 Å². The van der Waals surface area contributed by atoms with E-state index in [-0.39, 0.29) is 11.8 Å². The van der Waals surface area contributed by atoms with Crippen molar-refractivity contribution in [3.63, 3.8) is 0 Å². The topological polar surface area (TPSA) is 68.4 Å². The van der Waals surface area contributed by atoms with Gasteiger partial charge in [-0.3, -0.25) is 14.5 Å². The number of H-pyrrole nitrogens is 1. The van der Waals surface area contributed by atoms with Crippen molar-refractivity contribution in [1.82, 2.24) is 20.1 Å². The van der Waals surface area contributed by atoms with Crippen LogP contribution in [0.2, 0.25) is 0 Å². The molecule has 1 atom stereocenters. The van der Waals surface area contributed by atoms with Crippen molar-refractivity contribution in [2.75, 3.05) is 26.2 Å². The number of likely N-dealkylation sites (tertiary alicyclic amines) is 2. The Labute approximate surface area is 178 Å². The second-order valence-corrected chi connectivity index (χ2v) is 9.24. The van der Waals surface area contributed by atoms with E-state index in [1.807, 2.05) is 12.3 Å². The van der Waals surface area contributed by atoms with Crippen LogP contribution in [0.5, 0.6) is 0 Å². The number of hydrogen-bond acceptors (Lipinski definition) is 3. The molecule has 160 valence electrons. The lowest BCUT2D eigenvalue weighted by Crippen LogP contribution is -2.51. The maximum absolute atomic E-state index is 12.9. The highest BCUT2D eigenvalue weighted by Gasteiger charge is 2.37. The first-order chi connectivity index (χ1) is 14.7. The molecule has 0 spiro atoms. The summed E-state index contributed by atoms with van der Waals surface area (Å²) in [6, 6.07) is 8.75. The first-order valence-electron chi connectivity index (χ1n) is 11.5. The van der Waals surface area contributed by atoms with Gasteiger partial charge in [-0.05, 0) is 62.8 Å². The van der Waals surface area contributed by atoms with Gasteiger partial charge in [-0.15, -0.1) is 0 Å². The molecular weight excluding hydrogens is 376 g/mol. The largest absolute Gasteiger partial charge is 0.361 e. The number of hydrogen-bond donors (Lipinski definition) is 2. The predicted molar refractivity (Wildman–Crippen MR) is 117 cm³/mol. The minimum atomic E-state index is 0.0651. The van der Waals surface area contributed by atoms with Crippen LogP contribution in [0.1, 0.15) is 44.1 Å². The maximum Gasteiger partial charge on any atom is 0.225 e. The zero-order chi connectivity index (χ0) is 20.5. The van der Waals surface area contributed by atoms with E-state index >= 15 is 0 Å². The zero-order valence-electron chi connectivity index (χ0n) is 17.6. The zero-order valence-corrected chi connectivity index (χ0v) is 17.6. The quantitative estimate of drug-likeness (QED) is 0.799. The summed E-state index contributed by atoms with van der Waals surface area (Å²) in [4.78, 5) is 33.0. The number of nitrogens with zero attached hydrogens (tertiary/aromatic N) is 2. The Bertz CT molecular complexity index is 911. The summed E-state index contributed by atoms with van der Waals surface area (Å²) < 4.78 is 0. The van der Waals surface area contributed by atoms with Crippen LogP contribution in [0.25, 0.3) is 10.9 Å². The van der Waals surface area contributed by atoms with E-state index in [9.17, 15) is 9.59 Å². The number of fused-ring (bicyclic) bond motifs is 1. The molecule has 2 N–H and O–H groups in total. The summed E-state index contributed by atoms with van der Waals surface area (Å²) in [5.74, 6) is 0.937. The molecule has 1 aromatic carbocycles. The van der Waals surface area contributed by atoms with E-state index in [0.29, 0.717) is 24.4 Å². The molecule has 6 heteroatoms. The third-order valence-corrected chi connectivity index (χ3v) is 7.18. The van der Waals surface area contributed by atoms with Gasteiger partial charge in [0, 0.05) is 55.2 Å². The number of nitrogens with one attached hydrogen (secondary N) is 2. The maximum atomic E-state index is 12.9. The Morgan fingerprint density at radius 1 is 1.00 bits per heavy atom. The Hall–Kier alpha value is -2.34. The van der Waals surface area contributed by atoms with Gasteiger partial charge in [0.25, 0.3) is 0 Å². The number of benzene rings is 1. The second kappa shape index (κ2) is 8.42. The molecule has 30 heavy (non-hydrogen) atoms. The van der Waals surface area contributed by atoms with Crippen LogP contribution in [-0.4, -0.2) is 58.8 Å². The van der Waals surface area contributed by atoms with Crippen molar-refractivity contribution >= 4 is 22.7 Å². The second-order valence-electron chi connectivity index (χ2n) is 9.24. The highest BCUT2D eigenvalue weighted by Crippen LogP contribution is 2.32. The smallest absolute Gasteiger partial charge is 0.225 e. The third-order valence-electron chi connectivity index (χ3n) is 7.18. The average Bonchev–Trinajstić information content (AvgIpc) is 3.53. The van der Waals surface area contributed by atoms with E-state index in [0.717, 1.165) is 75.8 Å². The predicted octanol–water partition coefficient (Wildman–Crippen LogP) is 2.90. The van der Waals surface area contributed by atoms with Crippen LogP contribution in [0, 0.1) is 11.8 Å². The summed E-state index contributed by atoms with van der Waals surface area (Å²) in [7, 11) is 0. The molecule has 2 aliphatic heterocycles. The van der Waals surface area contributed by atoms with Crippen LogP contribution in [0.15, 0.2) is 30.5 Å². The number of carbonyl (C=O) groups is 2. The van der Waals surface area contributed by atoms with Crippen LogP contribution in [0.4, 0.5) is 0 Å². The number of rotatable bonds is 5. The van der Waals surface area contributed by atoms with E-state index in [1.165, 1.54) is 5.39 Å². The molecule has 2 saturated heterocycles. The first-order valence-corrected chi connectivity index (χ1v) is 11.5. The number of amides is 2. The molecule has 1 aromatic heterocycles. The molecule has 2 amide bonds. The summed E-state index contributed by atoms with van der Waals surface area (Å²) in [5, 5.41) is 4.36. The molecule has 0 bridgehead atoms. The highest BCUT2D eigenvalue weighted by atomic mass is 16.2. The van der Waals surface area contributed by atoms with Crippen molar-refractivity contribution < 1.29 is 9.59 Å². The van der Waals surface area contributed by atoms with Crippen LogP contribution in [-0.2, 0) is 16.1 Å². The first kappa shape index (κ1) is 19.6. The summed E-state index contributed by atoms with van der Waals surface area (Å²) >= 11 is 0. The fourth-order valence-corrected chi connectivity index (χ4v) is 5.22. The SMILES string of the molecule is O=C(NCc1cccc2[nH]ccc12)[C@H]1CCCN(C2CCN(C(=O)C3CC3)CC2)C1. The monoisotopic (exact) mass is 408 g/mol. The van der Waals surface area contributed by atoms with Crippen LogP contribution < -0.4 is 5.32 Å². The summed E-state index contributed by atoms with van der Waals surface area (Å²) in [5.41, 5.74) is 2.26. The molecule has 1 aliphatic carbocycles. The highest BCUT2D eigenvalue weighted by molar-refractivity contribution is 5.84. The number of aromatic amines is 1. The van der Waals surface area contributed by atoms with Crippen LogP contribution in [0.3, 0.4) is 0 Å². The molecule has 5 rings (SSSR count). The number of aromatic nitrogens is 1. The van der Waals surface area contributed by atoms with Crippen molar-refractivity contribution in [2.24, 2.45) is 11.8 Å². The lowest BCUT2D eigenvalue weighted by atomic mass is 9.93. The van der Waals surface area contributed by atoms with Gasteiger partial charge in [-0.2, -0.15) is 0 Å². The lowest BCUT2D eigenvalue weighted by molar-refractivity contribution is -0.134. The van der Waals surface area contributed by atoms with Gasteiger partial charge in [-0.25, -0.2) is 0 Å². The van der Waals surface area contributed by atoms with Gasteiger partial charge >= 0.3 is 0 Å². The van der Waals surface area contributed by atoms with Crippen molar-refractivity contribution in [1.29, 1.82) is 0 Å². The molecule has 0 unspecified atom stereocenters. The molecule has 0 radical (unpaired) electrons. The lowest BCUT2D eigenvalue weighted by Gasteiger charge is -2.42. The number of carbonyl (C=O) groups excluding carboxylic acids is 2. The Morgan fingerprint density at radius 2 is 1.83 bits per heavy atom.